The first-order valence-corrected chi connectivity index (χ1v) is 5.84. The SMILES string of the molecule is CCn1ncnc1CC(=O)c1ccc(Cl)c(F)c1. The summed E-state index contributed by atoms with van der Waals surface area (Å²) in [5, 5.41) is 3.97. The molecular formula is C12H11ClFN3O. The van der Waals surface area contributed by atoms with Gasteiger partial charge in [0.25, 0.3) is 0 Å². The fraction of sp³-hybridized carbons (Fsp3) is 0.250. The molecule has 0 saturated carbocycles. The molecule has 0 spiro atoms. The van der Waals surface area contributed by atoms with Crippen molar-refractivity contribution in [2.75, 3.05) is 0 Å². The zero-order valence-electron chi connectivity index (χ0n) is 9.73. The van der Waals surface area contributed by atoms with Crippen LogP contribution in [0.25, 0.3) is 0 Å². The van der Waals surface area contributed by atoms with E-state index in [2.05, 4.69) is 10.1 Å². The molecule has 0 unspecified atom stereocenters. The van der Waals surface area contributed by atoms with Gasteiger partial charge in [0.2, 0.25) is 0 Å². The van der Waals surface area contributed by atoms with E-state index in [4.69, 9.17) is 11.6 Å². The number of hydrogen-bond acceptors (Lipinski definition) is 3. The zero-order valence-corrected chi connectivity index (χ0v) is 10.5. The summed E-state index contributed by atoms with van der Waals surface area (Å²) in [7, 11) is 0. The molecule has 0 aliphatic rings. The van der Waals surface area contributed by atoms with Crippen molar-refractivity contribution < 1.29 is 9.18 Å². The summed E-state index contributed by atoms with van der Waals surface area (Å²) in [5.41, 5.74) is 0.280. The molecular weight excluding hydrogens is 257 g/mol. The van der Waals surface area contributed by atoms with E-state index < -0.39 is 5.82 Å². The van der Waals surface area contributed by atoms with Gasteiger partial charge < -0.3 is 0 Å². The Labute approximate surface area is 108 Å². The van der Waals surface area contributed by atoms with Gasteiger partial charge in [0.15, 0.2) is 5.78 Å². The molecule has 0 N–H and O–H groups in total. The minimum absolute atomic E-state index is 0.00303. The molecule has 1 aromatic carbocycles. The van der Waals surface area contributed by atoms with Crippen molar-refractivity contribution in [2.45, 2.75) is 19.9 Å². The first-order chi connectivity index (χ1) is 8.61. The fourth-order valence-corrected chi connectivity index (χ4v) is 1.72. The summed E-state index contributed by atoms with van der Waals surface area (Å²) in [6, 6.07) is 4.01. The van der Waals surface area contributed by atoms with Crippen LogP contribution in [0, 0.1) is 5.82 Å². The van der Waals surface area contributed by atoms with Crippen molar-refractivity contribution in [2.24, 2.45) is 0 Å². The summed E-state index contributed by atoms with van der Waals surface area (Å²) in [6.07, 6.45) is 1.49. The second kappa shape index (κ2) is 5.27. The maximum atomic E-state index is 13.2. The molecule has 0 fully saturated rings. The molecule has 0 saturated heterocycles. The van der Waals surface area contributed by atoms with Gasteiger partial charge in [-0.05, 0) is 25.1 Å². The topological polar surface area (TPSA) is 47.8 Å². The molecule has 2 aromatic rings. The molecule has 0 bridgehead atoms. The van der Waals surface area contributed by atoms with Gasteiger partial charge in [-0.25, -0.2) is 14.1 Å². The Hall–Kier alpha value is -1.75. The molecule has 2 rings (SSSR count). The lowest BCUT2D eigenvalue weighted by Gasteiger charge is -2.03. The highest BCUT2D eigenvalue weighted by atomic mass is 35.5. The van der Waals surface area contributed by atoms with E-state index in [-0.39, 0.29) is 22.8 Å². The van der Waals surface area contributed by atoms with Crippen molar-refractivity contribution in [3.63, 3.8) is 0 Å². The Morgan fingerprint density at radius 1 is 1.50 bits per heavy atom. The van der Waals surface area contributed by atoms with Gasteiger partial charge in [-0.2, -0.15) is 5.10 Å². The van der Waals surface area contributed by atoms with Crippen molar-refractivity contribution in [1.82, 2.24) is 14.8 Å². The van der Waals surface area contributed by atoms with Crippen molar-refractivity contribution in [1.29, 1.82) is 0 Å². The van der Waals surface area contributed by atoms with Crippen molar-refractivity contribution >= 4 is 17.4 Å². The van der Waals surface area contributed by atoms with E-state index >= 15 is 0 Å². The lowest BCUT2D eigenvalue weighted by Crippen LogP contribution is -2.11. The molecule has 4 nitrogen and oxygen atoms in total. The third kappa shape index (κ3) is 2.56. The third-order valence-corrected chi connectivity index (χ3v) is 2.86. The quantitative estimate of drug-likeness (QED) is 0.800. The van der Waals surface area contributed by atoms with Crippen LogP contribution in [0.5, 0.6) is 0 Å². The Balaban J connectivity index is 2.19. The molecule has 0 aliphatic heterocycles. The number of Topliss-reactive ketones (excluding diaryl/α,β-unsaturated/α-hetero) is 1. The van der Waals surface area contributed by atoms with Crippen LogP contribution in [-0.2, 0) is 13.0 Å². The van der Waals surface area contributed by atoms with Gasteiger partial charge in [0, 0.05) is 12.1 Å². The first kappa shape index (κ1) is 12.7. The molecule has 0 aliphatic carbocycles. The maximum absolute atomic E-state index is 13.2. The van der Waals surface area contributed by atoms with Gasteiger partial charge >= 0.3 is 0 Å². The molecule has 1 aromatic heterocycles. The summed E-state index contributed by atoms with van der Waals surface area (Å²) >= 11 is 5.56. The summed E-state index contributed by atoms with van der Waals surface area (Å²) < 4.78 is 14.9. The van der Waals surface area contributed by atoms with Crippen LogP contribution in [0.15, 0.2) is 24.5 Å². The number of halogens is 2. The Morgan fingerprint density at radius 2 is 2.28 bits per heavy atom. The number of hydrogen-bond donors (Lipinski definition) is 0. The highest BCUT2D eigenvalue weighted by Crippen LogP contribution is 2.16. The molecule has 0 amide bonds. The number of aryl methyl sites for hydroxylation is 1. The average Bonchev–Trinajstić information content (AvgIpc) is 2.79. The standard InChI is InChI=1S/C12H11ClFN3O/c1-2-17-12(15-7-16-17)6-11(18)8-3-4-9(13)10(14)5-8/h3-5,7H,2,6H2,1H3. The fourth-order valence-electron chi connectivity index (χ4n) is 1.60. The van der Waals surface area contributed by atoms with Gasteiger partial charge in [0.1, 0.15) is 18.0 Å². The van der Waals surface area contributed by atoms with Crippen LogP contribution in [0.1, 0.15) is 23.1 Å². The number of carbonyl (C=O) groups excluding carboxylic acids is 1. The van der Waals surface area contributed by atoms with Crippen LogP contribution in [-0.4, -0.2) is 20.5 Å². The number of aromatic nitrogens is 3. The Morgan fingerprint density at radius 3 is 2.94 bits per heavy atom. The normalized spacial score (nSPS) is 10.6. The van der Waals surface area contributed by atoms with Gasteiger partial charge in [-0.3, -0.25) is 4.79 Å². The van der Waals surface area contributed by atoms with Gasteiger partial charge in [-0.1, -0.05) is 11.6 Å². The average molecular weight is 268 g/mol. The summed E-state index contributed by atoms with van der Waals surface area (Å²) in [4.78, 5) is 16.0. The molecule has 94 valence electrons. The van der Waals surface area contributed by atoms with E-state index in [1.165, 1.54) is 18.5 Å². The summed E-state index contributed by atoms with van der Waals surface area (Å²) in [5.74, 6) is -0.245. The molecule has 18 heavy (non-hydrogen) atoms. The van der Waals surface area contributed by atoms with Crippen LogP contribution in [0.2, 0.25) is 5.02 Å². The smallest absolute Gasteiger partial charge is 0.170 e. The zero-order chi connectivity index (χ0) is 13.1. The van der Waals surface area contributed by atoms with E-state index in [0.29, 0.717) is 12.4 Å². The largest absolute Gasteiger partial charge is 0.294 e. The molecule has 0 radical (unpaired) electrons. The molecule has 0 atom stereocenters. The minimum Gasteiger partial charge on any atom is -0.294 e. The predicted molar refractivity (Wildman–Crippen MR) is 65.1 cm³/mol. The number of benzene rings is 1. The maximum Gasteiger partial charge on any atom is 0.170 e. The van der Waals surface area contributed by atoms with Crippen molar-refractivity contribution in [3.8, 4) is 0 Å². The number of carbonyl (C=O) groups is 1. The third-order valence-electron chi connectivity index (χ3n) is 2.56. The molecule has 6 heteroatoms. The van der Waals surface area contributed by atoms with E-state index in [9.17, 15) is 9.18 Å². The minimum atomic E-state index is -0.598. The van der Waals surface area contributed by atoms with Crippen LogP contribution >= 0.6 is 11.6 Å². The Bertz CT molecular complexity index is 582. The Kier molecular flexibility index (Phi) is 3.72. The number of ketones is 1. The van der Waals surface area contributed by atoms with E-state index in [1.54, 1.807) is 4.68 Å². The monoisotopic (exact) mass is 267 g/mol. The van der Waals surface area contributed by atoms with Crippen LogP contribution < -0.4 is 0 Å². The van der Waals surface area contributed by atoms with E-state index in [1.807, 2.05) is 6.92 Å². The van der Waals surface area contributed by atoms with Gasteiger partial charge in [-0.15, -0.1) is 0 Å². The highest BCUT2D eigenvalue weighted by Gasteiger charge is 2.13. The second-order valence-electron chi connectivity index (χ2n) is 3.72. The number of nitrogens with zero attached hydrogens (tertiary/aromatic N) is 3. The highest BCUT2D eigenvalue weighted by molar-refractivity contribution is 6.30. The first-order valence-electron chi connectivity index (χ1n) is 5.46. The van der Waals surface area contributed by atoms with E-state index in [0.717, 1.165) is 6.07 Å². The van der Waals surface area contributed by atoms with Crippen LogP contribution in [0.4, 0.5) is 4.39 Å². The lowest BCUT2D eigenvalue weighted by molar-refractivity contribution is 0.0989. The van der Waals surface area contributed by atoms with Crippen molar-refractivity contribution in [3.05, 3.63) is 46.8 Å². The van der Waals surface area contributed by atoms with Crippen LogP contribution in [0.3, 0.4) is 0 Å². The predicted octanol–water partition coefficient (Wildman–Crippen LogP) is 2.52. The summed E-state index contributed by atoms with van der Waals surface area (Å²) in [6.45, 7) is 2.54. The number of rotatable bonds is 4. The lowest BCUT2D eigenvalue weighted by atomic mass is 10.1. The molecule has 1 heterocycles. The van der Waals surface area contributed by atoms with Gasteiger partial charge in [0.05, 0.1) is 11.4 Å². The second-order valence-corrected chi connectivity index (χ2v) is 4.13.